The molecule has 0 bridgehead atoms. The smallest absolute Gasteiger partial charge is 0.321 e. The van der Waals surface area contributed by atoms with Gasteiger partial charge in [0.05, 0.1) is 17.5 Å². The molecule has 0 atom stereocenters. The van der Waals surface area contributed by atoms with Gasteiger partial charge >= 0.3 is 6.03 Å². The van der Waals surface area contributed by atoms with Gasteiger partial charge in [0, 0.05) is 11.9 Å². The second-order valence-corrected chi connectivity index (χ2v) is 7.59. The summed E-state index contributed by atoms with van der Waals surface area (Å²) in [7, 11) is 0. The number of carbonyl (C=O) groups is 2. The number of nitrogens with zero attached hydrogens (tertiary/aromatic N) is 2. The van der Waals surface area contributed by atoms with Crippen molar-refractivity contribution in [1.82, 2.24) is 20.6 Å². The van der Waals surface area contributed by atoms with Crippen LogP contribution in [0.1, 0.15) is 20.3 Å². The van der Waals surface area contributed by atoms with E-state index in [9.17, 15) is 9.59 Å². The number of nitrogens with one attached hydrogen (secondary N) is 2. The van der Waals surface area contributed by atoms with Gasteiger partial charge in [0.25, 0.3) is 0 Å². The average Bonchev–Trinajstić information content (AvgIpc) is 3.20. The molecule has 1 aromatic carbocycles. The normalized spacial score (nSPS) is 11.0. The molecule has 8 heteroatoms. The van der Waals surface area contributed by atoms with Crippen LogP contribution in [0.4, 0.5) is 4.79 Å². The van der Waals surface area contributed by atoms with Gasteiger partial charge in [-0.15, -0.1) is 0 Å². The average molecular weight is 398 g/mol. The minimum Gasteiger partial charge on any atom is -0.461 e. The number of urea groups is 1. The topological polar surface area (TPSA) is 97.1 Å². The quantitative estimate of drug-likeness (QED) is 0.463. The molecule has 0 aliphatic carbocycles. The van der Waals surface area contributed by atoms with Gasteiger partial charge in [-0.05, 0) is 30.5 Å². The van der Waals surface area contributed by atoms with Crippen molar-refractivity contribution in [2.45, 2.75) is 25.3 Å². The molecule has 0 unspecified atom stereocenters. The second-order valence-electron chi connectivity index (χ2n) is 6.62. The van der Waals surface area contributed by atoms with E-state index in [0.29, 0.717) is 29.1 Å². The van der Waals surface area contributed by atoms with Gasteiger partial charge in [-0.1, -0.05) is 43.8 Å². The van der Waals surface area contributed by atoms with Crippen molar-refractivity contribution in [2.24, 2.45) is 5.92 Å². The number of para-hydroxylation sites is 1. The lowest BCUT2D eigenvalue weighted by Crippen LogP contribution is -2.40. The Hall–Kier alpha value is -2.87. The molecular weight excluding hydrogens is 376 g/mol. The number of rotatable bonds is 7. The molecule has 0 spiro atoms. The summed E-state index contributed by atoms with van der Waals surface area (Å²) in [5, 5.41) is 6.53. The predicted octanol–water partition coefficient (Wildman–Crippen LogP) is 3.85. The molecule has 2 aromatic heterocycles. The molecule has 0 saturated heterocycles. The number of hydrogen-bond acceptors (Lipinski definition) is 6. The highest BCUT2D eigenvalue weighted by molar-refractivity contribution is 8.00. The van der Waals surface area contributed by atoms with E-state index < -0.39 is 6.03 Å². The molecular formula is C20H22N4O3S. The number of carbonyl (C=O) groups excluding carboxylic acids is 2. The summed E-state index contributed by atoms with van der Waals surface area (Å²) < 4.78 is 5.39. The van der Waals surface area contributed by atoms with E-state index in [1.165, 1.54) is 11.8 Å². The molecule has 0 fully saturated rings. The number of fused-ring (bicyclic) bond motifs is 1. The fourth-order valence-electron chi connectivity index (χ4n) is 2.49. The van der Waals surface area contributed by atoms with Gasteiger partial charge in [0.1, 0.15) is 5.03 Å². The van der Waals surface area contributed by atoms with Gasteiger partial charge in [-0.2, -0.15) is 0 Å². The van der Waals surface area contributed by atoms with Crippen molar-refractivity contribution < 1.29 is 14.0 Å². The van der Waals surface area contributed by atoms with Crippen LogP contribution in [0.25, 0.3) is 22.5 Å². The SMILES string of the molecule is CC(C)CCNC(=O)NC(=O)CSc1nc(-c2ccco2)nc2ccccc12. The van der Waals surface area contributed by atoms with Crippen LogP contribution >= 0.6 is 11.8 Å². The van der Waals surface area contributed by atoms with Crippen LogP contribution in [0.5, 0.6) is 0 Å². The molecule has 2 N–H and O–H groups in total. The van der Waals surface area contributed by atoms with Crippen LogP contribution in [-0.4, -0.2) is 34.2 Å². The van der Waals surface area contributed by atoms with Gasteiger partial charge in [0.15, 0.2) is 11.6 Å². The van der Waals surface area contributed by atoms with Crippen LogP contribution in [-0.2, 0) is 4.79 Å². The molecule has 28 heavy (non-hydrogen) atoms. The summed E-state index contributed by atoms with van der Waals surface area (Å²) in [4.78, 5) is 33.0. The van der Waals surface area contributed by atoms with E-state index in [2.05, 4.69) is 34.4 Å². The van der Waals surface area contributed by atoms with Crippen molar-refractivity contribution in [2.75, 3.05) is 12.3 Å². The fraction of sp³-hybridized carbons (Fsp3) is 0.300. The highest BCUT2D eigenvalue weighted by Crippen LogP contribution is 2.28. The summed E-state index contributed by atoms with van der Waals surface area (Å²) in [5.74, 6) is 1.19. The number of hydrogen-bond donors (Lipinski definition) is 2. The van der Waals surface area contributed by atoms with E-state index in [-0.39, 0.29) is 11.7 Å². The number of thioether (sulfide) groups is 1. The predicted molar refractivity (Wildman–Crippen MR) is 109 cm³/mol. The Balaban J connectivity index is 1.66. The molecule has 0 aliphatic rings. The zero-order chi connectivity index (χ0) is 19.9. The summed E-state index contributed by atoms with van der Waals surface area (Å²) in [5.41, 5.74) is 0.762. The van der Waals surface area contributed by atoms with E-state index >= 15 is 0 Å². The second kappa shape index (κ2) is 9.36. The van der Waals surface area contributed by atoms with Crippen LogP contribution in [0, 0.1) is 5.92 Å². The van der Waals surface area contributed by atoms with Gasteiger partial charge in [-0.25, -0.2) is 14.8 Å². The third-order valence-corrected chi connectivity index (χ3v) is 4.90. The summed E-state index contributed by atoms with van der Waals surface area (Å²) in [6.45, 7) is 4.68. The van der Waals surface area contributed by atoms with Gasteiger partial charge < -0.3 is 9.73 Å². The molecule has 3 aromatic rings. The van der Waals surface area contributed by atoms with E-state index in [4.69, 9.17) is 4.42 Å². The van der Waals surface area contributed by atoms with Crippen molar-refractivity contribution in [3.63, 3.8) is 0 Å². The maximum atomic E-state index is 12.1. The Kier molecular flexibility index (Phi) is 6.65. The lowest BCUT2D eigenvalue weighted by molar-refractivity contribution is -0.117. The Morgan fingerprint density at radius 3 is 2.71 bits per heavy atom. The van der Waals surface area contributed by atoms with Gasteiger partial charge in [0.2, 0.25) is 5.91 Å². The van der Waals surface area contributed by atoms with E-state index in [1.807, 2.05) is 24.3 Å². The number of furan rings is 1. The van der Waals surface area contributed by atoms with Crippen molar-refractivity contribution in [1.29, 1.82) is 0 Å². The first-order valence-corrected chi connectivity index (χ1v) is 10.0. The van der Waals surface area contributed by atoms with Crippen molar-refractivity contribution in [3.8, 4) is 11.6 Å². The van der Waals surface area contributed by atoms with Crippen molar-refractivity contribution >= 4 is 34.6 Å². The molecule has 0 radical (unpaired) electrons. The molecule has 3 rings (SSSR count). The third kappa shape index (κ3) is 5.32. The number of imide groups is 1. The maximum absolute atomic E-state index is 12.1. The number of aromatic nitrogens is 2. The molecule has 3 amide bonds. The first kappa shape index (κ1) is 19.9. The lowest BCUT2D eigenvalue weighted by Gasteiger charge is -2.09. The Morgan fingerprint density at radius 2 is 1.96 bits per heavy atom. The minimum atomic E-state index is -0.477. The van der Waals surface area contributed by atoms with E-state index in [1.54, 1.807) is 18.4 Å². The zero-order valence-electron chi connectivity index (χ0n) is 15.8. The highest BCUT2D eigenvalue weighted by atomic mass is 32.2. The van der Waals surface area contributed by atoms with Gasteiger partial charge in [-0.3, -0.25) is 10.1 Å². The first-order chi connectivity index (χ1) is 13.5. The Labute approximate surface area is 167 Å². The Morgan fingerprint density at radius 1 is 1.14 bits per heavy atom. The summed E-state index contributed by atoms with van der Waals surface area (Å²) in [6.07, 6.45) is 2.42. The minimum absolute atomic E-state index is 0.0657. The monoisotopic (exact) mass is 398 g/mol. The lowest BCUT2D eigenvalue weighted by atomic mass is 10.1. The Bertz CT molecular complexity index is 957. The maximum Gasteiger partial charge on any atom is 0.321 e. The number of amides is 3. The summed E-state index contributed by atoms with van der Waals surface area (Å²) >= 11 is 1.26. The molecule has 0 saturated carbocycles. The molecule has 0 aliphatic heterocycles. The largest absolute Gasteiger partial charge is 0.461 e. The van der Waals surface area contributed by atoms with Crippen molar-refractivity contribution in [3.05, 3.63) is 42.7 Å². The zero-order valence-corrected chi connectivity index (χ0v) is 16.6. The van der Waals surface area contributed by atoms with E-state index in [0.717, 1.165) is 17.3 Å². The summed E-state index contributed by atoms with van der Waals surface area (Å²) in [6, 6.07) is 10.7. The first-order valence-electron chi connectivity index (χ1n) is 9.04. The fourth-order valence-corrected chi connectivity index (χ4v) is 3.31. The molecule has 7 nitrogen and oxygen atoms in total. The van der Waals surface area contributed by atoms with Crippen LogP contribution in [0.2, 0.25) is 0 Å². The standard InChI is InChI=1S/C20H22N4O3S/c1-13(2)9-10-21-20(26)23-17(25)12-28-19-14-6-3-4-7-15(14)22-18(24-19)16-8-5-11-27-16/h3-8,11,13H,9-10,12H2,1-2H3,(H2,21,23,25,26). The third-order valence-electron chi connectivity index (χ3n) is 3.91. The van der Waals surface area contributed by atoms with Crippen LogP contribution in [0.15, 0.2) is 52.1 Å². The number of benzene rings is 1. The molecule has 146 valence electrons. The van der Waals surface area contributed by atoms with Crippen LogP contribution in [0.3, 0.4) is 0 Å². The molecule has 2 heterocycles. The highest BCUT2D eigenvalue weighted by Gasteiger charge is 2.14. The van der Waals surface area contributed by atoms with Crippen LogP contribution < -0.4 is 10.6 Å².